The van der Waals surface area contributed by atoms with Gasteiger partial charge >= 0.3 is 0 Å². The fourth-order valence-electron chi connectivity index (χ4n) is 2.76. The van der Waals surface area contributed by atoms with E-state index in [9.17, 15) is 4.79 Å². The molecule has 110 valence electrons. The molecule has 20 heavy (non-hydrogen) atoms. The van der Waals surface area contributed by atoms with Crippen molar-refractivity contribution >= 4 is 29.1 Å². The van der Waals surface area contributed by atoms with Crippen LogP contribution in [0.15, 0.2) is 12.1 Å². The van der Waals surface area contributed by atoms with Crippen molar-refractivity contribution in [1.29, 1.82) is 0 Å². The summed E-state index contributed by atoms with van der Waals surface area (Å²) >= 11 is 12.3. The van der Waals surface area contributed by atoms with E-state index in [-0.39, 0.29) is 5.91 Å². The number of ether oxygens (including phenoxy) is 1. The van der Waals surface area contributed by atoms with Gasteiger partial charge in [0.1, 0.15) is 5.75 Å². The van der Waals surface area contributed by atoms with Gasteiger partial charge in [-0.3, -0.25) is 4.79 Å². The van der Waals surface area contributed by atoms with E-state index in [1.54, 1.807) is 13.2 Å². The van der Waals surface area contributed by atoms with Crippen LogP contribution in [0.3, 0.4) is 0 Å². The number of halogens is 2. The molecule has 1 amide bonds. The van der Waals surface area contributed by atoms with Crippen LogP contribution in [0.2, 0.25) is 10.0 Å². The SMILES string of the molecule is CCC(=O)N1CCC(c2cc(Cl)cc(Cl)c2OC)CC1. The molecule has 0 atom stereocenters. The molecule has 1 aromatic rings. The lowest BCUT2D eigenvalue weighted by Crippen LogP contribution is -2.37. The molecule has 0 saturated carbocycles. The molecule has 0 aliphatic carbocycles. The third kappa shape index (κ3) is 3.21. The van der Waals surface area contributed by atoms with Crippen LogP contribution in [0.25, 0.3) is 0 Å². The smallest absolute Gasteiger partial charge is 0.222 e. The summed E-state index contributed by atoms with van der Waals surface area (Å²) in [5.41, 5.74) is 1.05. The maximum atomic E-state index is 11.7. The Hall–Kier alpha value is -0.930. The van der Waals surface area contributed by atoms with Gasteiger partial charge in [-0.05, 0) is 30.9 Å². The molecule has 0 spiro atoms. The molecule has 0 N–H and O–H groups in total. The second-order valence-electron chi connectivity index (χ2n) is 5.02. The standard InChI is InChI=1S/C15H19Cl2NO2/c1-3-14(19)18-6-4-10(5-7-18)12-8-11(16)9-13(17)15(12)20-2/h8-10H,3-7H2,1-2H3. The molecule has 0 bridgehead atoms. The Morgan fingerprint density at radius 1 is 1.35 bits per heavy atom. The van der Waals surface area contributed by atoms with E-state index >= 15 is 0 Å². The van der Waals surface area contributed by atoms with Gasteiger partial charge < -0.3 is 9.64 Å². The van der Waals surface area contributed by atoms with Crippen LogP contribution < -0.4 is 4.74 Å². The summed E-state index contributed by atoms with van der Waals surface area (Å²) in [5, 5.41) is 1.17. The number of amides is 1. The number of hydrogen-bond acceptors (Lipinski definition) is 2. The Labute approximate surface area is 129 Å². The van der Waals surface area contributed by atoms with Crippen molar-refractivity contribution < 1.29 is 9.53 Å². The first kappa shape index (κ1) is 15.5. The van der Waals surface area contributed by atoms with E-state index in [1.165, 1.54) is 0 Å². The number of hydrogen-bond donors (Lipinski definition) is 0. The molecule has 5 heteroatoms. The first-order valence-electron chi connectivity index (χ1n) is 6.87. The van der Waals surface area contributed by atoms with Gasteiger partial charge in [0.15, 0.2) is 0 Å². The molecule has 1 aromatic carbocycles. The molecule has 2 rings (SSSR count). The number of nitrogens with zero attached hydrogens (tertiary/aromatic N) is 1. The van der Waals surface area contributed by atoms with Gasteiger partial charge in [-0.1, -0.05) is 30.1 Å². The monoisotopic (exact) mass is 315 g/mol. The minimum Gasteiger partial charge on any atom is -0.495 e. The number of piperidine rings is 1. The van der Waals surface area contributed by atoms with E-state index in [0.717, 1.165) is 31.5 Å². The van der Waals surface area contributed by atoms with E-state index in [1.807, 2.05) is 17.9 Å². The average molecular weight is 316 g/mol. The van der Waals surface area contributed by atoms with Crippen molar-refractivity contribution in [2.45, 2.75) is 32.1 Å². The van der Waals surface area contributed by atoms with Crippen molar-refractivity contribution in [2.75, 3.05) is 20.2 Å². The molecule has 1 aliphatic rings. The number of rotatable bonds is 3. The van der Waals surface area contributed by atoms with Gasteiger partial charge in [-0.25, -0.2) is 0 Å². The maximum absolute atomic E-state index is 11.7. The van der Waals surface area contributed by atoms with Crippen molar-refractivity contribution in [3.63, 3.8) is 0 Å². The van der Waals surface area contributed by atoms with Gasteiger partial charge in [0.25, 0.3) is 0 Å². The lowest BCUT2D eigenvalue weighted by molar-refractivity contribution is -0.131. The number of carbonyl (C=O) groups is 1. The van der Waals surface area contributed by atoms with Crippen LogP contribution in [0, 0.1) is 0 Å². The Kier molecular flexibility index (Phi) is 5.17. The van der Waals surface area contributed by atoms with Crippen LogP contribution in [0.4, 0.5) is 0 Å². The molecule has 1 aliphatic heterocycles. The lowest BCUT2D eigenvalue weighted by Gasteiger charge is -2.32. The van der Waals surface area contributed by atoms with E-state index < -0.39 is 0 Å². The minimum atomic E-state index is 0.222. The van der Waals surface area contributed by atoms with Gasteiger partial charge in [-0.15, -0.1) is 0 Å². The highest BCUT2D eigenvalue weighted by Crippen LogP contribution is 2.40. The normalized spacial score (nSPS) is 16.3. The third-order valence-electron chi connectivity index (χ3n) is 3.83. The lowest BCUT2D eigenvalue weighted by atomic mass is 9.88. The van der Waals surface area contributed by atoms with Crippen LogP contribution in [-0.2, 0) is 4.79 Å². The van der Waals surface area contributed by atoms with Crippen molar-refractivity contribution in [2.24, 2.45) is 0 Å². The van der Waals surface area contributed by atoms with Crippen LogP contribution in [0.5, 0.6) is 5.75 Å². The van der Waals surface area contributed by atoms with Crippen LogP contribution in [-0.4, -0.2) is 31.0 Å². The zero-order valence-corrected chi connectivity index (χ0v) is 13.3. The summed E-state index contributed by atoms with van der Waals surface area (Å²) < 4.78 is 5.41. The second kappa shape index (κ2) is 6.68. The van der Waals surface area contributed by atoms with Gasteiger partial charge in [-0.2, -0.15) is 0 Å². The summed E-state index contributed by atoms with van der Waals surface area (Å²) in [4.78, 5) is 13.6. The number of carbonyl (C=O) groups excluding carboxylic acids is 1. The molecule has 1 fully saturated rings. The highest BCUT2D eigenvalue weighted by Gasteiger charge is 2.26. The van der Waals surface area contributed by atoms with Gasteiger partial charge in [0, 0.05) is 30.1 Å². The predicted octanol–water partition coefficient (Wildman–Crippen LogP) is 4.12. The zero-order valence-electron chi connectivity index (χ0n) is 11.8. The van der Waals surface area contributed by atoms with Crippen LogP contribution >= 0.6 is 23.2 Å². The number of benzene rings is 1. The molecular weight excluding hydrogens is 297 g/mol. The van der Waals surface area contributed by atoms with Gasteiger partial charge in [0.2, 0.25) is 5.91 Å². The van der Waals surface area contributed by atoms with Crippen molar-refractivity contribution in [3.05, 3.63) is 27.7 Å². The van der Waals surface area contributed by atoms with Crippen LogP contribution in [0.1, 0.15) is 37.7 Å². The van der Waals surface area contributed by atoms with Gasteiger partial charge in [0.05, 0.1) is 12.1 Å². The van der Waals surface area contributed by atoms with E-state index in [0.29, 0.717) is 28.1 Å². The largest absolute Gasteiger partial charge is 0.495 e. The second-order valence-corrected chi connectivity index (χ2v) is 5.86. The molecule has 0 unspecified atom stereocenters. The molecular formula is C15H19Cl2NO2. The first-order chi connectivity index (χ1) is 9.56. The summed E-state index contributed by atoms with van der Waals surface area (Å²) in [5.74, 6) is 1.26. The summed E-state index contributed by atoms with van der Waals surface area (Å²) in [7, 11) is 1.62. The molecule has 1 heterocycles. The molecule has 1 saturated heterocycles. The van der Waals surface area contributed by atoms with Crippen molar-refractivity contribution in [1.82, 2.24) is 4.90 Å². The Morgan fingerprint density at radius 2 is 2.00 bits per heavy atom. The fourth-order valence-corrected chi connectivity index (χ4v) is 3.35. The quantitative estimate of drug-likeness (QED) is 0.839. The Balaban J connectivity index is 2.16. The van der Waals surface area contributed by atoms with E-state index in [2.05, 4.69) is 0 Å². The molecule has 3 nitrogen and oxygen atoms in total. The topological polar surface area (TPSA) is 29.5 Å². The summed E-state index contributed by atoms with van der Waals surface area (Å²) in [6, 6.07) is 3.62. The first-order valence-corrected chi connectivity index (χ1v) is 7.63. The highest BCUT2D eigenvalue weighted by molar-refractivity contribution is 6.35. The molecule has 0 radical (unpaired) electrons. The number of methoxy groups -OCH3 is 1. The fraction of sp³-hybridized carbons (Fsp3) is 0.533. The minimum absolute atomic E-state index is 0.222. The van der Waals surface area contributed by atoms with E-state index in [4.69, 9.17) is 27.9 Å². The third-order valence-corrected chi connectivity index (χ3v) is 4.33. The Bertz CT molecular complexity index is 497. The summed E-state index contributed by atoms with van der Waals surface area (Å²) in [6.45, 7) is 3.46. The van der Waals surface area contributed by atoms with Crippen molar-refractivity contribution in [3.8, 4) is 5.75 Å². The zero-order chi connectivity index (χ0) is 14.7. The summed E-state index contributed by atoms with van der Waals surface area (Å²) in [6.07, 6.45) is 2.40. The predicted molar refractivity (Wildman–Crippen MR) is 81.9 cm³/mol. The average Bonchev–Trinajstić information content (AvgIpc) is 2.46. The highest BCUT2D eigenvalue weighted by atomic mass is 35.5. The maximum Gasteiger partial charge on any atom is 0.222 e. The number of likely N-dealkylation sites (tertiary alicyclic amines) is 1. The molecule has 0 aromatic heterocycles. The Morgan fingerprint density at radius 3 is 2.55 bits per heavy atom.